The maximum Gasteiger partial charge on any atom is 0.527 e. The maximum atomic E-state index is 12.8. The Morgan fingerprint density at radius 2 is 1.51 bits per heavy atom. The third-order valence-electron chi connectivity index (χ3n) is 7.55. The largest absolute Gasteiger partial charge is 0.527 e. The van der Waals surface area contributed by atoms with Crippen LogP contribution in [0, 0.1) is 13.6 Å². The van der Waals surface area contributed by atoms with Crippen molar-refractivity contribution in [1.29, 1.82) is 0 Å². The van der Waals surface area contributed by atoms with E-state index in [1.54, 1.807) is 18.2 Å². The molecule has 1 radical (unpaired) electrons. The number of ether oxygens (including phenoxy) is 3. The zero-order valence-electron chi connectivity index (χ0n) is 27.7. The molecule has 2 aromatic carbocycles. The van der Waals surface area contributed by atoms with Crippen LogP contribution in [0.2, 0.25) is 0 Å². The van der Waals surface area contributed by atoms with Crippen LogP contribution in [0.25, 0.3) is 0 Å². The first-order valence-corrected chi connectivity index (χ1v) is 18.0. The summed E-state index contributed by atoms with van der Waals surface area (Å²) >= 11 is 0. The van der Waals surface area contributed by atoms with Crippen LogP contribution in [0.5, 0.6) is 17.2 Å². The molecule has 0 saturated heterocycles. The van der Waals surface area contributed by atoms with Crippen molar-refractivity contribution >= 4 is 7.82 Å². The van der Waals surface area contributed by atoms with Crippen LogP contribution in [0.3, 0.4) is 0 Å². The van der Waals surface area contributed by atoms with Gasteiger partial charge in [0.15, 0.2) is 0 Å². The molecule has 0 spiro atoms. The summed E-state index contributed by atoms with van der Waals surface area (Å²) in [4.78, 5) is 14.4. The second-order valence-corrected chi connectivity index (χ2v) is 12.9. The third kappa shape index (κ3) is 14.5. The van der Waals surface area contributed by atoms with Crippen molar-refractivity contribution in [2.45, 2.75) is 97.6 Å². The fraction of sp³-hybridized carbons (Fsp3) is 0.571. The van der Waals surface area contributed by atoms with Gasteiger partial charge in [0.25, 0.3) is 0 Å². The lowest BCUT2D eigenvalue weighted by molar-refractivity contribution is -0.00727. The van der Waals surface area contributed by atoms with Crippen molar-refractivity contribution in [2.75, 3.05) is 33.5 Å². The molecule has 3 rings (SSSR count). The summed E-state index contributed by atoms with van der Waals surface area (Å²) in [5.74, 6) is 1.73. The van der Waals surface area contributed by atoms with Gasteiger partial charge in [-0.2, -0.15) is 0 Å². The summed E-state index contributed by atoms with van der Waals surface area (Å²) in [6, 6.07) is 12.8. The fourth-order valence-electron chi connectivity index (χ4n) is 5.09. The van der Waals surface area contributed by atoms with E-state index < -0.39 is 13.9 Å². The van der Waals surface area contributed by atoms with Crippen molar-refractivity contribution in [2.24, 2.45) is 0 Å². The van der Waals surface area contributed by atoms with Gasteiger partial charge in [-0.3, -0.25) is 9.42 Å². The van der Waals surface area contributed by atoms with Crippen LogP contribution in [-0.2, 0) is 20.4 Å². The predicted octanol–water partition coefficient (Wildman–Crippen LogP) is 8.61. The standard InChI is InChI=1S/C35H54N2O7P/c1-5-7-8-9-10-11-12-13-14-15-24-41-34-20-17-21-35(30(34)3)42-27-33(40-6-2)28-43-45(38,39)44-32-19-16-18-31(25-32)26-37-23-22-36(4)29-37/h16-23,25,29,33H,5-15,24,26-28H2,1-4H3,(H,38,39). The minimum absolute atomic E-state index is 0.139. The van der Waals surface area contributed by atoms with Gasteiger partial charge in [-0.1, -0.05) is 82.9 Å². The van der Waals surface area contributed by atoms with Gasteiger partial charge in [0.05, 0.1) is 13.2 Å². The second kappa shape index (κ2) is 20.4. The molecule has 2 aromatic rings. The van der Waals surface area contributed by atoms with E-state index in [2.05, 4.69) is 6.92 Å². The molecule has 1 aliphatic heterocycles. The average molecular weight is 646 g/mol. The monoisotopic (exact) mass is 645 g/mol. The highest BCUT2D eigenvalue weighted by Gasteiger charge is 2.26. The Morgan fingerprint density at radius 3 is 2.18 bits per heavy atom. The van der Waals surface area contributed by atoms with Crippen LogP contribution in [0.15, 0.2) is 54.9 Å². The Morgan fingerprint density at radius 1 is 0.844 bits per heavy atom. The fourth-order valence-corrected chi connectivity index (χ4v) is 5.87. The summed E-state index contributed by atoms with van der Waals surface area (Å²) < 4.78 is 41.3. The summed E-state index contributed by atoms with van der Waals surface area (Å²) in [5, 5.41) is 0. The number of phosphoric ester groups is 1. The predicted molar refractivity (Wildman–Crippen MR) is 179 cm³/mol. The Hall–Kier alpha value is -2.71. The molecule has 1 heterocycles. The Kier molecular flexibility index (Phi) is 16.7. The van der Waals surface area contributed by atoms with Crippen molar-refractivity contribution in [3.05, 3.63) is 72.7 Å². The van der Waals surface area contributed by atoms with Gasteiger partial charge < -0.3 is 28.5 Å². The first-order valence-electron chi connectivity index (χ1n) is 16.5. The molecule has 45 heavy (non-hydrogen) atoms. The van der Waals surface area contributed by atoms with E-state index in [0.717, 1.165) is 23.3 Å². The lowest BCUT2D eigenvalue weighted by Gasteiger charge is -2.21. The molecule has 0 fully saturated rings. The average Bonchev–Trinajstić information content (AvgIpc) is 3.42. The third-order valence-corrected chi connectivity index (χ3v) is 8.47. The zero-order chi connectivity index (χ0) is 32.3. The topological polar surface area (TPSA) is 89.9 Å². The van der Waals surface area contributed by atoms with E-state index in [0.29, 0.717) is 25.5 Å². The van der Waals surface area contributed by atoms with Crippen molar-refractivity contribution in [1.82, 2.24) is 9.80 Å². The minimum atomic E-state index is -4.40. The number of rotatable bonds is 24. The molecule has 1 aliphatic rings. The molecule has 251 valence electrons. The van der Waals surface area contributed by atoms with Gasteiger partial charge in [-0.05, 0) is 50.1 Å². The SMILES string of the molecule is CCCCCCCCCCCCOc1cccc(OCC(COP(=O)(O)Oc2cccc(CN3[CH]N(C)C=C3)c2)OCC)c1C. The van der Waals surface area contributed by atoms with Gasteiger partial charge in [-0.25, -0.2) is 4.57 Å². The number of benzene rings is 2. The number of hydrogen-bond donors (Lipinski definition) is 1. The lowest BCUT2D eigenvalue weighted by atomic mass is 10.1. The first kappa shape index (κ1) is 36.8. The second-order valence-electron chi connectivity index (χ2n) is 11.6. The molecule has 0 bridgehead atoms. The Labute approximate surface area is 271 Å². The number of phosphoric acid groups is 1. The molecule has 2 atom stereocenters. The molecular formula is C35H54N2O7P. The molecule has 1 N–H and O–H groups in total. The molecule has 9 nitrogen and oxygen atoms in total. The van der Waals surface area contributed by atoms with Gasteiger partial charge in [0.2, 0.25) is 0 Å². The maximum absolute atomic E-state index is 12.8. The molecule has 0 aromatic heterocycles. The summed E-state index contributed by atoms with van der Waals surface area (Å²) in [6.45, 7) is 9.67. The van der Waals surface area contributed by atoms with E-state index in [4.69, 9.17) is 23.3 Å². The van der Waals surface area contributed by atoms with E-state index in [-0.39, 0.29) is 19.0 Å². The molecule has 2 unspecified atom stereocenters. The van der Waals surface area contributed by atoms with E-state index in [1.807, 2.05) is 74.0 Å². The van der Waals surface area contributed by atoms with Crippen molar-refractivity contribution in [3.63, 3.8) is 0 Å². The van der Waals surface area contributed by atoms with Crippen molar-refractivity contribution < 1.29 is 32.7 Å². The van der Waals surface area contributed by atoms with Crippen LogP contribution >= 0.6 is 7.82 Å². The summed E-state index contributed by atoms with van der Waals surface area (Å²) in [6.07, 6.45) is 16.2. The highest BCUT2D eigenvalue weighted by molar-refractivity contribution is 7.47. The highest BCUT2D eigenvalue weighted by atomic mass is 31.2. The Balaban J connectivity index is 1.39. The molecular weight excluding hydrogens is 591 g/mol. The number of unbranched alkanes of at least 4 members (excludes halogenated alkanes) is 9. The Bertz CT molecular complexity index is 1190. The highest BCUT2D eigenvalue weighted by Crippen LogP contribution is 2.44. The van der Waals surface area contributed by atoms with Crippen LogP contribution in [0.4, 0.5) is 0 Å². The van der Waals surface area contributed by atoms with Crippen LogP contribution in [-0.4, -0.2) is 54.3 Å². The minimum Gasteiger partial charge on any atom is -0.493 e. The zero-order valence-corrected chi connectivity index (χ0v) is 28.6. The summed E-state index contributed by atoms with van der Waals surface area (Å²) in [7, 11) is -2.45. The lowest BCUT2D eigenvalue weighted by Crippen LogP contribution is -2.27. The van der Waals surface area contributed by atoms with Gasteiger partial charge in [-0.15, -0.1) is 0 Å². The molecule has 10 heteroatoms. The van der Waals surface area contributed by atoms with E-state index in [9.17, 15) is 9.46 Å². The number of nitrogens with zero attached hydrogens (tertiary/aromatic N) is 2. The van der Waals surface area contributed by atoms with Gasteiger partial charge in [0.1, 0.15) is 36.6 Å². The van der Waals surface area contributed by atoms with Crippen LogP contribution in [0.1, 0.15) is 89.2 Å². The van der Waals surface area contributed by atoms with E-state index >= 15 is 0 Å². The quantitative estimate of drug-likeness (QED) is 0.0890. The summed E-state index contributed by atoms with van der Waals surface area (Å²) in [5.41, 5.74) is 1.83. The smallest absolute Gasteiger partial charge is 0.493 e. The molecule has 0 saturated carbocycles. The van der Waals surface area contributed by atoms with Crippen molar-refractivity contribution in [3.8, 4) is 17.2 Å². The van der Waals surface area contributed by atoms with Gasteiger partial charge >= 0.3 is 7.82 Å². The first-order chi connectivity index (χ1) is 21.8. The van der Waals surface area contributed by atoms with Gasteiger partial charge in [0, 0.05) is 38.2 Å². The molecule has 0 amide bonds. The normalized spacial score (nSPS) is 14.9. The number of hydrogen-bond acceptors (Lipinski definition) is 8. The molecule has 0 aliphatic carbocycles. The van der Waals surface area contributed by atoms with Crippen LogP contribution < -0.4 is 14.0 Å². The van der Waals surface area contributed by atoms with E-state index in [1.165, 1.54) is 57.8 Å².